The molecule has 1 aromatic rings. The molecule has 2 fully saturated rings. The molecule has 0 saturated heterocycles. The Balaban J connectivity index is 2.05. The van der Waals surface area contributed by atoms with Crippen molar-refractivity contribution >= 4 is 5.78 Å². The fraction of sp³-hybridized carbons (Fsp3) is 0.632. The zero-order valence-electron chi connectivity index (χ0n) is 13.0. The van der Waals surface area contributed by atoms with E-state index in [-0.39, 0.29) is 11.5 Å². The smallest absolute Gasteiger partial charge is 0.143 e. The monoisotopic (exact) mass is 286 g/mol. The SMILES string of the molecule is COC1CCC2CCCCCC(=O)C2(c2ccccc2)C1. The highest BCUT2D eigenvalue weighted by molar-refractivity contribution is 5.91. The van der Waals surface area contributed by atoms with E-state index in [9.17, 15) is 4.79 Å². The molecule has 0 aromatic heterocycles. The normalized spacial score (nSPS) is 33.9. The van der Waals surface area contributed by atoms with Crippen molar-refractivity contribution in [2.75, 3.05) is 7.11 Å². The molecule has 0 amide bonds. The van der Waals surface area contributed by atoms with Gasteiger partial charge < -0.3 is 4.74 Å². The van der Waals surface area contributed by atoms with Gasteiger partial charge in [-0.25, -0.2) is 0 Å². The second-order valence-electron chi connectivity index (χ2n) is 6.70. The van der Waals surface area contributed by atoms with Crippen molar-refractivity contribution in [2.45, 2.75) is 62.9 Å². The number of rotatable bonds is 2. The van der Waals surface area contributed by atoms with Crippen molar-refractivity contribution in [3.05, 3.63) is 35.9 Å². The average Bonchev–Trinajstić information content (AvgIpc) is 2.53. The van der Waals surface area contributed by atoms with E-state index >= 15 is 0 Å². The van der Waals surface area contributed by atoms with Crippen LogP contribution in [0, 0.1) is 5.92 Å². The second kappa shape index (κ2) is 6.31. The van der Waals surface area contributed by atoms with Gasteiger partial charge in [0.1, 0.15) is 5.78 Å². The van der Waals surface area contributed by atoms with Crippen LogP contribution in [0.25, 0.3) is 0 Å². The predicted molar refractivity (Wildman–Crippen MR) is 84.4 cm³/mol. The molecule has 0 heterocycles. The zero-order chi connectivity index (χ0) is 14.7. The van der Waals surface area contributed by atoms with Crippen molar-refractivity contribution in [1.29, 1.82) is 0 Å². The third-order valence-electron chi connectivity index (χ3n) is 5.66. The lowest BCUT2D eigenvalue weighted by Gasteiger charge is -2.47. The third-order valence-corrected chi connectivity index (χ3v) is 5.66. The van der Waals surface area contributed by atoms with Crippen molar-refractivity contribution in [3.63, 3.8) is 0 Å². The van der Waals surface area contributed by atoms with Gasteiger partial charge in [0, 0.05) is 13.5 Å². The van der Waals surface area contributed by atoms with Crippen molar-refractivity contribution in [3.8, 4) is 0 Å². The summed E-state index contributed by atoms with van der Waals surface area (Å²) < 4.78 is 5.65. The molecule has 0 bridgehead atoms. The molecule has 3 atom stereocenters. The summed E-state index contributed by atoms with van der Waals surface area (Å²) in [5.74, 6) is 0.958. The molecule has 2 heteroatoms. The van der Waals surface area contributed by atoms with Crippen LogP contribution in [0.15, 0.2) is 30.3 Å². The first-order valence-corrected chi connectivity index (χ1v) is 8.39. The Hall–Kier alpha value is -1.15. The average molecular weight is 286 g/mol. The minimum Gasteiger partial charge on any atom is -0.381 e. The second-order valence-corrected chi connectivity index (χ2v) is 6.70. The summed E-state index contributed by atoms with van der Waals surface area (Å²) in [7, 11) is 1.79. The van der Waals surface area contributed by atoms with Crippen LogP contribution in [0.4, 0.5) is 0 Å². The zero-order valence-corrected chi connectivity index (χ0v) is 13.0. The molecule has 2 nitrogen and oxygen atoms in total. The lowest BCUT2D eigenvalue weighted by molar-refractivity contribution is -0.132. The number of hydrogen-bond acceptors (Lipinski definition) is 2. The number of benzene rings is 1. The minimum atomic E-state index is -0.291. The summed E-state index contributed by atoms with van der Waals surface area (Å²) in [6, 6.07) is 10.5. The Morgan fingerprint density at radius 1 is 1.05 bits per heavy atom. The van der Waals surface area contributed by atoms with Crippen LogP contribution in [-0.4, -0.2) is 19.0 Å². The molecule has 114 valence electrons. The van der Waals surface area contributed by atoms with Crippen LogP contribution in [0.1, 0.15) is 56.9 Å². The molecular formula is C19H26O2. The summed E-state index contributed by atoms with van der Waals surface area (Å²) in [6.07, 6.45) is 8.78. The van der Waals surface area contributed by atoms with Crippen LogP contribution in [0.5, 0.6) is 0 Å². The maximum Gasteiger partial charge on any atom is 0.143 e. The number of ether oxygens (including phenoxy) is 1. The Morgan fingerprint density at radius 3 is 2.62 bits per heavy atom. The molecule has 3 unspecified atom stereocenters. The van der Waals surface area contributed by atoms with Gasteiger partial charge in [-0.2, -0.15) is 0 Å². The Morgan fingerprint density at radius 2 is 1.86 bits per heavy atom. The van der Waals surface area contributed by atoms with Crippen LogP contribution in [0.2, 0.25) is 0 Å². The van der Waals surface area contributed by atoms with Crippen molar-refractivity contribution in [2.24, 2.45) is 5.92 Å². The molecule has 3 rings (SSSR count). The summed E-state index contributed by atoms with van der Waals surface area (Å²) in [6.45, 7) is 0. The number of hydrogen-bond donors (Lipinski definition) is 0. The summed E-state index contributed by atoms with van der Waals surface area (Å²) in [5.41, 5.74) is 0.935. The van der Waals surface area contributed by atoms with Gasteiger partial charge in [-0.05, 0) is 43.6 Å². The van der Waals surface area contributed by atoms with Gasteiger partial charge in [0.25, 0.3) is 0 Å². The number of fused-ring (bicyclic) bond motifs is 1. The molecule has 2 saturated carbocycles. The summed E-state index contributed by atoms with van der Waals surface area (Å²) >= 11 is 0. The Bertz CT molecular complexity index is 482. The predicted octanol–water partition coefficient (Wildman–Crippen LogP) is 4.27. The lowest BCUT2D eigenvalue weighted by atomic mass is 9.57. The van der Waals surface area contributed by atoms with E-state index in [0.29, 0.717) is 11.7 Å². The van der Waals surface area contributed by atoms with Gasteiger partial charge >= 0.3 is 0 Å². The maximum atomic E-state index is 13.1. The van der Waals surface area contributed by atoms with E-state index in [1.165, 1.54) is 24.8 Å². The Labute approximate surface area is 127 Å². The maximum absolute atomic E-state index is 13.1. The third kappa shape index (κ3) is 2.66. The highest BCUT2D eigenvalue weighted by atomic mass is 16.5. The van der Waals surface area contributed by atoms with Gasteiger partial charge in [-0.3, -0.25) is 4.79 Å². The first kappa shape index (κ1) is 14.8. The molecular weight excluding hydrogens is 260 g/mol. The van der Waals surface area contributed by atoms with Crippen LogP contribution in [-0.2, 0) is 14.9 Å². The number of Topliss-reactive ketones (excluding diaryl/α,β-unsaturated/α-hetero) is 1. The quantitative estimate of drug-likeness (QED) is 0.811. The number of carbonyl (C=O) groups is 1. The van der Waals surface area contributed by atoms with Crippen LogP contribution < -0.4 is 0 Å². The van der Waals surface area contributed by atoms with E-state index in [4.69, 9.17) is 4.74 Å². The van der Waals surface area contributed by atoms with Crippen molar-refractivity contribution in [1.82, 2.24) is 0 Å². The van der Waals surface area contributed by atoms with Gasteiger partial charge in [0.2, 0.25) is 0 Å². The number of carbonyl (C=O) groups excluding carboxylic acids is 1. The highest BCUT2D eigenvalue weighted by Crippen LogP contribution is 2.49. The van der Waals surface area contributed by atoms with Gasteiger partial charge in [0.15, 0.2) is 0 Å². The van der Waals surface area contributed by atoms with Gasteiger partial charge in [-0.15, -0.1) is 0 Å². The fourth-order valence-corrected chi connectivity index (χ4v) is 4.52. The fourth-order valence-electron chi connectivity index (χ4n) is 4.52. The molecule has 0 radical (unpaired) electrons. The standard InChI is InChI=1S/C19H26O2/c1-21-17-13-12-16-10-6-3-7-11-18(20)19(16,14-17)15-8-4-2-5-9-15/h2,4-5,8-9,16-17H,3,6-7,10-14H2,1H3. The van der Waals surface area contributed by atoms with E-state index in [0.717, 1.165) is 32.1 Å². The largest absolute Gasteiger partial charge is 0.381 e. The lowest BCUT2D eigenvalue weighted by Crippen LogP contribution is -2.49. The first-order valence-electron chi connectivity index (χ1n) is 8.39. The van der Waals surface area contributed by atoms with Gasteiger partial charge in [0.05, 0.1) is 11.5 Å². The van der Waals surface area contributed by atoms with Crippen molar-refractivity contribution < 1.29 is 9.53 Å². The molecule has 0 N–H and O–H groups in total. The van der Waals surface area contributed by atoms with E-state index in [2.05, 4.69) is 24.3 Å². The van der Waals surface area contributed by atoms with E-state index in [1.54, 1.807) is 7.11 Å². The minimum absolute atomic E-state index is 0.227. The van der Waals surface area contributed by atoms with E-state index in [1.807, 2.05) is 6.07 Å². The number of ketones is 1. The van der Waals surface area contributed by atoms with Crippen LogP contribution >= 0.6 is 0 Å². The number of methoxy groups -OCH3 is 1. The van der Waals surface area contributed by atoms with Crippen LogP contribution in [0.3, 0.4) is 0 Å². The first-order chi connectivity index (χ1) is 10.3. The highest BCUT2D eigenvalue weighted by Gasteiger charge is 2.50. The van der Waals surface area contributed by atoms with Gasteiger partial charge in [-0.1, -0.05) is 43.2 Å². The Kier molecular flexibility index (Phi) is 4.44. The van der Waals surface area contributed by atoms with E-state index < -0.39 is 0 Å². The summed E-state index contributed by atoms with van der Waals surface area (Å²) in [5, 5.41) is 0. The molecule has 2 aliphatic rings. The molecule has 2 aliphatic carbocycles. The topological polar surface area (TPSA) is 26.3 Å². The molecule has 21 heavy (non-hydrogen) atoms. The summed E-state index contributed by atoms with van der Waals surface area (Å²) in [4.78, 5) is 13.1. The molecule has 1 aromatic carbocycles. The molecule has 0 spiro atoms. The molecule has 0 aliphatic heterocycles.